The van der Waals surface area contributed by atoms with Gasteiger partial charge in [0, 0.05) is 22.3 Å². The van der Waals surface area contributed by atoms with Gasteiger partial charge in [-0.25, -0.2) is 0 Å². The number of anilines is 1. The number of hydrogen-bond donors (Lipinski definition) is 3. The van der Waals surface area contributed by atoms with Gasteiger partial charge < -0.3 is 16.3 Å². The van der Waals surface area contributed by atoms with Crippen LogP contribution in [-0.4, -0.2) is 11.0 Å². The van der Waals surface area contributed by atoms with E-state index in [1.807, 2.05) is 49.4 Å². The largest absolute Gasteiger partial charge is 0.409 e. The van der Waals surface area contributed by atoms with Crippen LogP contribution >= 0.6 is 15.9 Å². The maximum Gasteiger partial charge on any atom is 0.170 e. The Morgan fingerprint density at radius 1 is 1.30 bits per heavy atom. The van der Waals surface area contributed by atoms with Gasteiger partial charge in [0.25, 0.3) is 0 Å². The number of oxime groups is 1. The number of aryl methyl sites for hydroxylation is 1. The van der Waals surface area contributed by atoms with Crippen LogP contribution < -0.4 is 11.1 Å². The van der Waals surface area contributed by atoms with Crippen LogP contribution in [0.1, 0.15) is 16.7 Å². The molecule has 4 nitrogen and oxygen atoms in total. The lowest BCUT2D eigenvalue weighted by Crippen LogP contribution is -2.16. The van der Waals surface area contributed by atoms with Crippen LogP contribution in [0.3, 0.4) is 0 Å². The molecule has 5 heteroatoms. The lowest BCUT2D eigenvalue weighted by molar-refractivity contribution is 0.318. The molecule has 0 unspecified atom stereocenters. The second-order valence-electron chi connectivity index (χ2n) is 4.46. The van der Waals surface area contributed by atoms with Gasteiger partial charge in [0.2, 0.25) is 0 Å². The Morgan fingerprint density at radius 2 is 2.05 bits per heavy atom. The summed E-state index contributed by atoms with van der Waals surface area (Å²) >= 11 is 3.46. The molecule has 0 aromatic heterocycles. The maximum absolute atomic E-state index is 8.81. The van der Waals surface area contributed by atoms with Crippen molar-refractivity contribution in [2.75, 3.05) is 5.32 Å². The highest BCUT2D eigenvalue weighted by Gasteiger charge is 2.06. The molecule has 0 aliphatic rings. The van der Waals surface area contributed by atoms with Crippen LogP contribution in [-0.2, 0) is 6.54 Å². The van der Waals surface area contributed by atoms with Crippen LogP contribution in [0.25, 0.3) is 0 Å². The van der Waals surface area contributed by atoms with E-state index < -0.39 is 0 Å². The van der Waals surface area contributed by atoms with Crippen molar-refractivity contribution >= 4 is 27.5 Å². The third kappa shape index (κ3) is 3.30. The molecule has 4 N–H and O–H groups in total. The minimum Gasteiger partial charge on any atom is -0.409 e. The topological polar surface area (TPSA) is 70.6 Å². The Balaban J connectivity index is 2.21. The van der Waals surface area contributed by atoms with Crippen molar-refractivity contribution in [2.24, 2.45) is 10.9 Å². The minimum atomic E-state index is 0.119. The highest BCUT2D eigenvalue weighted by atomic mass is 79.9. The summed E-state index contributed by atoms with van der Waals surface area (Å²) < 4.78 is 1.02. The van der Waals surface area contributed by atoms with E-state index in [2.05, 4.69) is 26.4 Å². The first-order valence-electron chi connectivity index (χ1n) is 6.17. The monoisotopic (exact) mass is 333 g/mol. The van der Waals surface area contributed by atoms with Crippen molar-refractivity contribution in [1.29, 1.82) is 0 Å². The van der Waals surface area contributed by atoms with Crippen molar-refractivity contribution in [2.45, 2.75) is 13.5 Å². The van der Waals surface area contributed by atoms with E-state index in [0.29, 0.717) is 6.54 Å². The minimum absolute atomic E-state index is 0.119. The first kappa shape index (κ1) is 14.4. The molecule has 0 amide bonds. The number of nitrogens with zero attached hydrogens (tertiary/aromatic N) is 1. The van der Waals surface area contributed by atoms with E-state index >= 15 is 0 Å². The van der Waals surface area contributed by atoms with Gasteiger partial charge in [-0.05, 0) is 30.2 Å². The van der Waals surface area contributed by atoms with Gasteiger partial charge in [0.15, 0.2) is 5.84 Å². The van der Waals surface area contributed by atoms with Gasteiger partial charge in [0.1, 0.15) is 0 Å². The van der Waals surface area contributed by atoms with Gasteiger partial charge in [-0.3, -0.25) is 0 Å². The van der Waals surface area contributed by atoms with Gasteiger partial charge >= 0.3 is 0 Å². The van der Waals surface area contributed by atoms with Gasteiger partial charge in [-0.2, -0.15) is 0 Å². The molecule has 20 heavy (non-hydrogen) atoms. The van der Waals surface area contributed by atoms with Crippen molar-refractivity contribution in [1.82, 2.24) is 0 Å². The number of nitrogens with one attached hydrogen (secondary N) is 1. The number of halogens is 1. The zero-order valence-corrected chi connectivity index (χ0v) is 12.7. The Bertz CT molecular complexity index is 641. The molecule has 0 radical (unpaired) electrons. The second-order valence-corrected chi connectivity index (χ2v) is 5.37. The fourth-order valence-electron chi connectivity index (χ4n) is 1.95. The smallest absolute Gasteiger partial charge is 0.170 e. The standard InChI is InChI=1S/C15H16BrN3O/c1-10-6-7-12(16)8-14(10)18-9-11-4-2-3-5-13(11)15(17)19-20/h2-8,18,20H,9H2,1H3,(H2,17,19). The van der Waals surface area contributed by atoms with Gasteiger partial charge in [-0.15, -0.1) is 0 Å². The van der Waals surface area contributed by atoms with E-state index in [1.54, 1.807) is 0 Å². The maximum atomic E-state index is 8.81. The molecule has 0 saturated heterocycles. The fraction of sp³-hybridized carbons (Fsp3) is 0.133. The zero-order valence-electron chi connectivity index (χ0n) is 11.1. The molecule has 0 atom stereocenters. The molecule has 0 heterocycles. The van der Waals surface area contributed by atoms with E-state index in [-0.39, 0.29) is 5.84 Å². The SMILES string of the molecule is Cc1ccc(Br)cc1NCc1ccccc1C(N)=NO. The first-order chi connectivity index (χ1) is 9.61. The van der Waals surface area contributed by atoms with Crippen LogP contribution in [0.4, 0.5) is 5.69 Å². The summed E-state index contributed by atoms with van der Waals surface area (Å²) in [7, 11) is 0. The van der Waals surface area contributed by atoms with Crippen LogP contribution in [0, 0.1) is 6.92 Å². The zero-order chi connectivity index (χ0) is 14.5. The van der Waals surface area contributed by atoms with Gasteiger partial charge in [0.05, 0.1) is 0 Å². The molecular weight excluding hydrogens is 318 g/mol. The lowest BCUT2D eigenvalue weighted by atomic mass is 10.1. The third-order valence-corrected chi connectivity index (χ3v) is 3.56. The van der Waals surface area contributed by atoms with Crippen LogP contribution in [0.5, 0.6) is 0 Å². The van der Waals surface area contributed by atoms with E-state index in [4.69, 9.17) is 10.9 Å². The molecule has 0 aliphatic heterocycles. The summed E-state index contributed by atoms with van der Waals surface area (Å²) in [6.07, 6.45) is 0. The number of rotatable bonds is 4. The number of nitrogens with two attached hydrogens (primary N) is 1. The quantitative estimate of drug-likeness (QED) is 0.347. The first-order valence-corrected chi connectivity index (χ1v) is 6.97. The summed E-state index contributed by atoms with van der Waals surface area (Å²) in [6.45, 7) is 2.65. The summed E-state index contributed by atoms with van der Waals surface area (Å²) in [5.74, 6) is 0.119. The van der Waals surface area contributed by atoms with Crippen LogP contribution in [0.2, 0.25) is 0 Å². The summed E-state index contributed by atoms with van der Waals surface area (Å²) in [4.78, 5) is 0. The predicted octanol–water partition coefficient (Wildman–Crippen LogP) is 3.46. The summed E-state index contributed by atoms with van der Waals surface area (Å²) in [5.41, 5.74) is 9.60. The van der Waals surface area contributed by atoms with Crippen molar-refractivity contribution in [3.05, 3.63) is 63.6 Å². The molecule has 104 valence electrons. The number of benzene rings is 2. The van der Waals surface area contributed by atoms with E-state index in [0.717, 1.165) is 26.9 Å². The average Bonchev–Trinajstić information content (AvgIpc) is 2.47. The Hall–Kier alpha value is -2.01. The number of hydrogen-bond acceptors (Lipinski definition) is 3. The van der Waals surface area contributed by atoms with E-state index in [9.17, 15) is 0 Å². The van der Waals surface area contributed by atoms with Crippen molar-refractivity contribution < 1.29 is 5.21 Å². The lowest BCUT2D eigenvalue weighted by Gasteiger charge is -2.12. The average molecular weight is 334 g/mol. The highest BCUT2D eigenvalue weighted by Crippen LogP contribution is 2.21. The van der Waals surface area contributed by atoms with Gasteiger partial charge in [-0.1, -0.05) is 51.4 Å². The normalized spacial score (nSPS) is 11.4. The number of amidine groups is 1. The second kappa shape index (κ2) is 6.43. The molecule has 0 fully saturated rings. The third-order valence-electron chi connectivity index (χ3n) is 3.07. The van der Waals surface area contributed by atoms with E-state index in [1.165, 1.54) is 0 Å². The Morgan fingerprint density at radius 3 is 2.80 bits per heavy atom. The molecule has 0 saturated carbocycles. The molecule has 0 bridgehead atoms. The molecule has 2 aromatic rings. The molecule has 2 rings (SSSR count). The highest BCUT2D eigenvalue weighted by molar-refractivity contribution is 9.10. The molecule has 0 spiro atoms. The summed E-state index contributed by atoms with van der Waals surface area (Å²) in [5, 5.41) is 15.2. The van der Waals surface area contributed by atoms with Crippen molar-refractivity contribution in [3.63, 3.8) is 0 Å². The molecular formula is C15H16BrN3O. The summed E-state index contributed by atoms with van der Waals surface area (Å²) in [6, 6.07) is 13.7. The molecule has 0 aliphatic carbocycles. The fourth-order valence-corrected chi connectivity index (χ4v) is 2.31. The molecule has 2 aromatic carbocycles. The predicted molar refractivity (Wildman–Crippen MR) is 85.2 cm³/mol. The Labute approximate surface area is 126 Å². The van der Waals surface area contributed by atoms with Crippen molar-refractivity contribution in [3.8, 4) is 0 Å². The Kier molecular flexibility index (Phi) is 4.63. The van der Waals surface area contributed by atoms with Crippen LogP contribution in [0.15, 0.2) is 52.1 Å².